The van der Waals surface area contributed by atoms with E-state index < -0.39 is 6.04 Å². The van der Waals surface area contributed by atoms with E-state index in [2.05, 4.69) is 10.6 Å². The van der Waals surface area contributed by atoms with Gasteiger partial charge in [0.05, 0.1) is 0 Å². The van der Waals surface area contributed by atoms with Crippen molar-refractivity contribution >= 4 is 24.2 Å². The summed E-state index contributed by atoms with van der Waals surface area (Å²) in [6.45, 7) is 8.49. The number of nitrogens with one attached hydrogen (secondary N) is 2. The molecule has 1 saturated heterocycles. The zero-order chi connectivity index (χ0) is 18.4. The van der Waals surface area contributed by atoms with Crippen molar-refractivity contribution in [2.45, 2.75) is 39.7 Å². The number of amides is 2. The predicted octanol–water partition coefficient (Wildman–Crippen LogP) is 2.63. The van der Waals surface area contributed by atoms with Gasteiger partial charge in [-0.1, -0.05) is 31.5 Å². The van der Waals surface area contributed by atoms with Crippen molar-refractivity contribution in [3.8, 4) is 0 Å². The quantitative estimate of drug-likeness (QED) is 0.796. The molecule has 0 bridgehead atoms. The summed E-state index contributed by atoms with van der Waals surface area (Å²) in [6.07, 6.45) is 2.03. The van der Waals surface area contributed by atoms with Crippen molar-refractivity contribution in [1.82, 2.24) is 15.5 Å². The maximum atomic E-state index is 12.9. The van der Waals surface area contributed by atoms with Gasteiger partial charge in [0, 0.05) is 18.7 Å². The fraction of sp³-hybridized carbons (Fsp3) is 0.600. The topological polar surface area (TPSA) is 61.4 Å². The molecule has 6 heteroatoms. The SMILES string of the molecule is CNCC1CCN(C(=O)C(NC(=O)c2ccc(C)cc2)C(C)C)CC1.Cl. The van der Waals surface area contributed by atoms with Gasteiger partial charge in [-0.05, 0) is 57.3 Å². The van der Waals surface area contributed by atoms with Gasteiger partial charge >= 0.3 is 0 Å². The Morgan fingerprint density at radius 1 is 1.15 bits per heavy atom. The fourth-order valence-corrected chi connectivity index (χ4v) is 3.29. The van der Waals surface area contributed by atoms with Gasteiger partial charge in [-0.2, -0.15) is 0 Å². The summed E-state index contributed by atoms with van der Waals surface area (Å²) in [4.78, 5) is 27.3. The average Bonchev–Trinajstić information content (AvgIpc) is 2.60. The van der Waals surface area contributed by atoms with E-state index in [0.29, 0.717) is 11.5 Å². The van der Waals surface area contributed by atoms with Crippen LogP contribution in [0, 0.1) is 18.8 Å². The van der Waals surface area contributed by atoms with Gasteiger partial charge in [-0.25, -0.2) is 0 Å². The zero-order valence-electron chi connectivity index (χ0n) is 16.2. The number of benzene rings is 1. The summed E-state index contributed by atoms with van der Waals surface area (Å²) in [5.74, 6) is 0.543. The first-order valence-electron chi connectivity index (χ1n) is 9.23. The Hall–Kier alpha value is -1.59. The maximum absolute atomic E-state index is 12.9. The standard InChI is InChI=1S/C20H31N3O2.ClH/c1-14(2)18(22-19(24)17-7-5-15(3)6-8-17)20(25)23-11-9-16(10-12-23)13-21-4;/h5-8,14,16,18,21H,9-13H2,1-4H3,(H,22,24);1H. The molecule has 0 radical (unpaired) electrons. The molecule has 0 spiro atoms. The van der Waals surface area contributed by atoms with E-state index in [1.165, 1.54) is 0 Å². The Morgan fingerprint density at radius 3 is 2.23 bits per heavy atom. The number of aryl methyl sites for hydroxylation is 1. The largest absolute Gasteiger partial charge is 0.341 e. The smallest absolute Gasteiger partial charge is 0.251 e. The summed E-state index contributed by atoms with van der Waals surface area (Å²) >= 11 is 0. The molecule has 1 atom stereocenters. The van der Waals surface area contributed by atoms with E-state index >= 15 is 0 Å². The summed E-state index contributed by atoms with van der Waals surface area (Å²) in [7, 11) is 1.97. The molecule has 2 rings (SSSR count). The molecule has 1 aromatic carbocycles. The van der Waals surface area contributed by atoms with Gasteiger partial charge in [0.2, 0.25) is 5.91 Å². The van der Waals surface area contributed by atoms with Crippen LogP contribution in [0.4, 0.5) is 0 Å². The second kappa shape index (κ2) is 10.5. The molecule has 1 aliphatic rings. The minimum Gasteiger partial charge on any atom is -0.341 e. The maximum Gasteiger partial charge on any atom is 0.251 e. The van der Waals surface area contributed by atoms with Crippen LogP contribution in [0.2, 0.25) is 0 Å². The number of rotatable bonds is 6. The van der Waals surface area contributed by atoms with Crippen LogP contribution in [0.15, 0.2) is 24.3 Å². The highest BCUT2D eigenvalue weighted by Gasteiger charge is 2.31. The van der Waals surface area contributed by atoms with E-state index in [9.17, 15) is 9.59 Å². The van der Waals surface area contributed by atoms with E-state index in [4.69, 9.17) is 0 Å². The lowest BCUT2D eigenvalue weighted by Crippen LogP contribution is -2.53. The van der Waals surface area contributed by atoms with Crippen molar-refractivity contribution in [1.29, 1.82) is 0 Å². The Morgan fingerprint density at radius 2 is 1.73 bits per heavy atom. The summed E-state index contributed by atoms with van der Waals surface area (Å²) in [5, 5.41) is 6.15. The van der Waals surface area contributed by atoms with Crippen LogP contribution in [0.1, 0.15) is 42.6 Å². The molecule has 146 valence electrons. The van der Waals surface area contributed by atoms with Gasteiger partial charge in [-0.3, -0.25) is 9.59 Å². The van der Waals surface area contributed by atoms with Crippen LogP contribution in [0.25, 0.3) is 0 Å². The second-order valence-corrected chi connectivity index (χ2v) is 7.39. The summed E-state index contributed by atoms with van der Waals surface area (Å²) < 4.78 is 0. The third kappa shape index (κ3) is 5.99. The van der Waals surface area contributed by atoms with Gasteiger partial charge < -0.3 is 15.5 Å². The number of carbonyl (C=O) groups is 2. The molecule has 1 aliphatic heterocycles. The molecular weight excluding hydrogens is 350 g/mol. The first-order valence-corrected chi connectivity index (χ1v) is 9.23. The van der Waals surface area contributed by atoms with Gasteiger partial charge in [-0.15, -0.1) is 12.4 Å². The predicted molar refractivity (Wildman–Crippen MR) is 108 cm³/mol. The van der Waals surface area contributed by atoms with E-state index in [1.54, 1.807) is 12.1 Å². The lowest BCUT2D eigenvalue weighted by atomic mass is 9.95. The Bertz CT molecular complexity index is 581. The van der Waals surface area contributed by atoms with Crippen LogP contribution < -0.4 is 10.6 Å². The third-order valence-electron chi connectivity index (χ3n) is 4.95. The van der Waals surface area contributed by atoms with Crippen LogP contribution in [-0.2, 0) is 4.79 Å². The van der Waals surface area contributed by atoms with E-state index in [-0.39, 0.29) is 30.1 Å². The Kier molecular flexibility index (Phi) is 9.09. The zero-order valence-corrected chi connectivity index (χ0v) is 17.1. The van der Waals surface area contributed by atoms with Crippen LogP contribution in [0.3, 0.4) is 0 Å². The van der Waals surface area contributed by atoms with Crippen molar-refractivity contribution in [3.63, 3.8) is 0 Å². The number of halogens is 1. The monoisotopic (exact) mass is 381 g/mol. The molecule has 0 saturated carbocycles. The number of piperidine rings is 1. The molecule has 0 aliphatic carbocycles. The minimum atomic E-state index is -0.477. The van der Waals surface area contributed by atoms with Crippen LogP contribution in [-0.4, -0.2) is 49.4 Å². The van der Waals surface area contributed by atoms with E-state index in [0.717, 1.165) is 38.0 Å². The molecule has 1 fully saturated rings. The van der Waals surface area contributed by atoms with Crippen molar-refractivity contribution in [2.24, 2.45) is 11.8 Å². The Balaban J connectivity index is 0.00000338. The Labute approximate surface area is 163 Å². The lowest BCUT2D eigenvalue weighted by Gasteiger charge is -2.35. The molecule has 26 heavy (non-hydrogen) atoms. The van der Waals surface area contributed by atoms with Crippen LogP contribution in [0.5, 0.6) is 0 Å². The first kappa shape index (κ1) is 22.5. The normalized spacial score (nSPS) is 16.1. The molecule has 1 unspecified atom stereocenters. The lowest BCUT2D eigenvalue weighted by molar-refractivity contribution is -0.135. The van der Waals surface area contributed by atoms with Crippen LogP contribution >= 0.6 is 12.4 Å². The first-order chi connectivity index (χ1) is 11.9. The number of hydrogen-bond donors (Lipinski definition) is 2. The molecule has 1 heterocycles. The average molecular weight is 382 g/mol. The second-order valence-electron chi connectivity index (χ2n) is 7.39. The molecular formula is C20H32ClN3O2. The molecule has 2 N–H and O–H groups in total. The summed E-state index contributed by atoms with van der Waals surface area (Å²) in [6, 6.07) is 6.95. The van der Waals surface area contributed by atoms with Crippen molar-refractivity contribution in [3.05, 3.63) is 35.4 Å². The number of likely N-dealkylation sites (tertiary alicyclic amines) is 1. The van der Waals surface area contributed by atoms with Gasteiger partial charge in [0.1, 0.15) is 6.04 Å². The molecule has 2 amide bonds. The highest BCUT2D eigenvalue weighted by atomic mass is 35.5. The molecule has 1 aromatic rings. The number of hydrogen-bond acceptors (Lipinski definition) is 3. The molecule has 0 aromatic heterocycles. The number of nitrogens with zero attached hydrogens (tertiary/aromatic N) is 1. The van der Waals surface area contributed by atoms with Crippen molar-refractivity contribution in [2.75, 3.05) is 26.7 Å². The number of carbonyl (C=O) groups excluding carboxylic acids is 2. The van der Waals surface area contributed by atoms with Crippen molar-refractivity contribution < 1.29 is 9.59 Å². The minimum absolute atomic E-state index is 0. The van der Waals surface area contributed by atoms with E-state index in [1.807, 2.05) is 44.9 Å². The highest BCUT2D eigenvalue weighted by molar-refractivity contribution is 5.97. The highest BCUT2D eigenvalue weighted by Crippen LogP contribution is 2.18. The summed E-state index contributed by atoms with van der Waals surface area (Å²) in [5.41, 5.74) is 1.70. The molecule has 5 nitrogen and oxygen atoms in total. The fourth-order valence-electron chi connectivity index (χ4n) is 3.29. The third-order valence-corrected chi connectivity index (χ3v) is 4.95. The van der Waals surface area contributed by atoms with Gasteiger partial charge in [0.15, 0.2) is 0 Å². The van der Waals surface area contributed by atoms with Gasteiger partial charge in [0.25, 0.3) is 5.91 Å².